The molecule has 2 aromatic heterocycles. The van der Waals surface area contributed by atoms with Gasteiger partial charge in [-0.2, -0.15) is 0 Å². The molecule has 0 bridgehead atoms. The van der Waals surface area contributed by atoms with Crippen molar-refractivity contribution in [2.45, 2.75) is 0 Å². The van der Waals surface area contributed by atoms with E-state index in [0.717, 1.165) is 15.4 Å². The van der Waals surface area contributed by atoms with Gasteiger partial charge in [-0.3, -0.25) is 14.8 Å². The van der Waals surface area contributed by atoms with Gasteiger partial charge in [0.1, 0.15) is 0 Å². The molecule has 0 saturated carbocycles. The monoisotopic (exact) mass is 327 g/mol. The third-order valence-electron chi connectivity index (χ3n) is 2.85. The third-order valence-corrected chi connectivity index (χ3v) is 3.28. The molecule has 0 fully saturated rings. The van der Waals surface area contributed by atoms with Crippen LogP contribution in [0.5, 0.6) is 0 Å². The minimum absolute atomic E-state index is 0.199. The number of benzene rings is 1. The van der Waals surface area contributed by atoms with Gasteiger partial charge >= 0.3 is 0 Å². The first-order valence-electron chi connectivity index (χ1n) is 6.00. The topological polar surface area (TPSA) is 54.9 Å². The van der Waals surface area contributed by atoms with Crippen molar-refractivity contribution in [3.05, 3.63) is 65.0 Å². The van der Waals surface area contributed by atoms with Crippen molar-refractivity contribution in [3.8, 4) is 0 Å². The Kier molecular flexibility index (Phi) is 3.43. The fourth-order valence-electron chi connectivity index (χ4n) is 1.93. The summed E-state index contributed by atoms with van der Waals surface area (Å²) in [5.74, 6) is -0.199. The second-order valence-corrected chi connectivity index (χ2v) is 5.14. The summed E-state index contributed by atoms with van der Waals surface area (Å²) >= 11 is 3.39. The maximum Gasteiger partial charge on any atom is 0.257 e. The van der Waals surface area contributed by atoms with Crippen LogP contribution >= 0.6 is 15.9 Å². The molecular formula is C15H10BrN3O. The first-order valence-corrected chi connectivity index (χ1v) is 6.79. The molecule has 5 heteroatoms. The lowest BCUT2D eigenvalue weighted by Gasteiger charge is -2.08. The second kappa shape index (κ2) is 5.38. The number of halogens is 1. The van der Waals surface area contributed by atoms with E-state index in [-0.39, 0.29) is 5.91 Å². The predicted octanol–water partition coefficient (Wildman–Crippen LogP) is 3.64. The van der Waals surface area contributed by atoms with E-state index < -0.39 is 0 Å². The van der Waals surface area contributed by atoms with Gasteiger partial charge in [-0.15, -0.1) is 0 Å². The van der Waals surface area contributed by atoms with Gasteiger partial charge in [-0.05, 0) is 40.2 Å². The summed E-state index contributed by atoms with van der Waals surface area (Å²) in [7, 11) is 0. The number of fused-ring (bicyclic) bond motifs is 1. The molecule has 0 aliphatic carbocycles. The average Bonchev–Trinajstić information content (AvgIpc) is 2.48. The zero-order valence-electron chi connectivity index (χ0n) is 10.4. The summed E-state index contributed by atoms with van der Waals surface area (Å²) in [5, 5.41) is 3.83. The Bertz CT molecular complexity index is 774. The quantitative estimate of drug-likeness (QED) is 0.781. The molecule has 1 amide bonds. The number of amides is 1. The lowest BCUT2D eigenvalue weighted by molar-refractivity contribution is 0.102. The Balaban J connectivity index is 1.97. The number of carbonyl (C=O) groups excluding carboxylic acids is 1. The van der Waals surface area contributed by atoms with Crippen molar-refractivity contribution in [3.63, 3.8) is 0 Å². The molecule has 4 nitrogen and oxygen atoms in total. The molecule has 1 N–H and O–H groups in total. The van der Waals surface area contributed by atoms with E-state index in [4.69, 9.17) is 0 Å². The highest BCUT2D eigenvalue weighted by Crippen LogP contribution is 2.24. The highest BCUT2D eigenvalue weighted by Gasteiger charge is 2.09. The number of nitrogens with zero attached hydrogens (tertiary/aromatic N) is 2. The predicted molar refractivity (Wildman–Crippen MR) is 81.6 cm³/mol. The minimum Gasteiger partial charge on any atom is -0.320 e. The maximum absolute atomic E-state index is 12.1. The second-order valence-electron chi connectivity index (χ2n) is 4.23. The van der Waals surface area contributed by atoms with Crippen LogP contribution in [-0.4, -0.2) is 15.9 Å². The van der Waals surface area contributed by atoms with Crippen molar-refractivity contribution in [1.29, 1.82) is 0 Å². The highest BCUT2D eigenvalue weighted by molar-refractivity contribution is 9.10. The number of para-hydroxylation sites is 1. The van der Waals surface area contributed by atoms with Gasteiger partial charge in [0, 0.05) is 28.4 Å². The molecule has 0 atom stereocenters. The molecule has 0 aliphatic rings. The number of rotatable bonds is 2. The number of carbonyl (C=O) groups is 1. The van der Waals surface area contributed by atoms with Gasteiger partial charge in [-0.1, -0.05) is 12.1 Å². The molecule has 0 unspecified atom stereocenters. The third kappa shape index (κ3) is 2.53. The van der Waals surface area contributed by atoms with Crippen molar-refractivity contribution < 1.29 is 4.79 Å². The standard InChI is InChI=1S/C15H10BrN3O/c16-12-7-10-3-1-5-13(14(10)18-9-12)19-15(20)11-4-2-6-17-8-11/h1-9H,(H,19,20). The minimum atomic E-state index is -0.199. The van der Waals surface area contributed by atoms with Crippen molar-refractivity contribution >= 4 is 38.4 Å². The first kappa shape index (κ1) is 12.7. The van der Waals surface area contributed by atoms with Crippen LogP contribution in [0.4, 0.5) is 5.69 Å². The van der Waals surface area contributed by atoms with E-state index >= 15 is 0 Å². The van der Waals surface area contributed by atoms with Crippen molar-refractivity contribution in [2.75, 3.05) is 5.32 Å². The van der Waals surface area contributed by atoms with Gasteiger partial charge in [0.2, 0.25) is 0 Å². The Morgan fingerprint density at radius 3 is 2.85 bits per heavy atom. The zero-order chi connectivity index (χ0) is 13.9. The molecule has 2 heterocycles. The normalized spacial score (nSPS) is 10.4. The summed E-state index contributed by atoms with van der Waals surface area (Å²) in [6.07, 6.45) is 4.88. The SMILES string of the molecule is O=C(Nc1cccc2cc(Br)cnc12)c1cccnc1. The molecule has 3 rings (SSSR count). The van der Waals surface area contributed by atoms with Gasteiger partial charge in [0.25, 0.3) is 5.91 Å². The number of nitrogens with one attached hydrogen (secondary N) is 1. The number of hydrogen-bond donors (Lipinski definition) is 1. The molecule has 98 valence electrons. The highest BCUT2D eigenvalue weighted by atomic mass is 79.9. The van der Waals surface area contributed by atoms with Crippen LogP contribution in [0.25, 0.3) is 10.9 Å². The summed E-state index contributed by atoms with van der Waals surface area (Å²) in [6.45, 7) is 0. The molecule has 0 aliphatic heterocycles. The van der Waals surface area contributed by atoms with Crippen LogP contribution in [0.15, 0.2) is 59.5 Å². The van der Waals surface area contributed by atoms with Gasteiger partial charge in [0.05, 0.1) is 16.8 Å². The van der Waals surface area contributed by atoms with E-state index in [0.29, 0.717) is 11.3 Å². The van der Waals surface area contributed by atoms with Crippen LogP contribution in [0.2, 0.25) is 0 Å². The largest absolute Gasteiger partial charge is 0.320 e. The fourth-order valence-corrected chi connectivity index (χ4v) is 2.28. The molecule has 0 saturated heterocycles. The first-order chi connectivity index (χ1) is 9.74. The maximum atomic E-state index is 12.1. The summed E-state index contributed by atoms with van der Waals surface area (Å²) in [4.78, 5) is 20.4. The number of pyridine rings is 2. The summed E-state index contributed by atoms with van der Waals surface area (Å²) < 4.78 is 0.903. The fraction of sp³-hybridized carbons (Fsp3) is 0. The average molecular weight is 328 g/mol. The Morgan fingerprint density at radius 1 is 1.15 bits per heavy atom. The van der Waals surface area contributed by atoms with Crippen LogP contribution in [-0.2, 0) is 0 Å². The Hall–Kier alpha value is -2.27. The van der Waals surface area contributed by atoms with Crippen LogP contribution in [0.3, 0.4) is 0 Å². The van der Waals surface area contributed by atoms with Crippen LogP contribution < -0.4 is 5.32 Å². The molecule has 0 radical (unpaired) electrons. The summed E-state index contributed by atoms with van der Waals surface area (Å²) in [5.41, 5.74) is 1.96. The zero-order valence-corrected chi connectivity index (χ0v) is 12.0. The molecule has 20 heavy (non-hydrogen) atoms. The van der Waals surface area contributed by atoms with E-state index in [1.54, 1.807) is 24.5 Å². The van der Waals surface area contributed by atoms with E-state index in [9.17, 15) is 4.79 Å². The number of hydrogen-bond acceptors (Lipinski definition) is 3. The number of anilines is 1. The lowest BCUT2D eigenvalue weighted by atomic mass is 10.2. The molecule has 3 aromatic rings. The van der Waals surface area contributed by atoms with Gasteiger partial charge < -0.3 is 5.32 Å². The van der Waals surface area contributed by atoms with Crippen molar-refractivity contribution in [1.82, 2.24) is 9.97 Å². The molecule has 1 aromatic carbocycles. The molecular weight excluding hydrogens is 318 g/mol. The summed E-state index contributed by atoms with van der Waals surface area (Å²) in [6, 6.07) is 11.1. The Morgan fingerprint density at radius 2 is 2.05 bits per heavy atom. The van der Waals surface area contributed by atoms with Crippen molar-refractivity contribution in [2.24, 2.45) is 0 Å². The Labute approximate surface area is 124 Å². The number of aromatic nitrogens is 2. The van der Waals surface area contributed by atoms with Crippen LogP contribution in [0.1, 0.15) is 10.4 Å². The van der Waals surface area contributed by atoms with E-state index in [2.05, 4.69) is 31.2 Å². The van der Waals surface area contributed by atoms with E-state index in [1.807, 2.05) is 24.3 Å². The van der Waals surface area contributed by atoms with E-state index in [1.165, 1.54) is 6.20 Å². The smallest absolute Gasteiger partial charge is 0.257 e. The van der Waals surface area contributed by atoms with Gasteiger partial charge in [0.15, 0.2) is 0 Å². The molecule has 0 spiro atoms. The van der Waals surface area contributed by atoms with Gasteiger partial charge in [-0.25, -0.2) is 0 Å². The lowest BCUT2D eigenvalue weighted by Crippen LogP contribution is -2.12. The van der Waals surface area contributed by atoms with Crippen LogP contribution in [0, 0.1) is 0 Å².